The van der Waals surface area contributed by atoms with Crippen LogP contribution in [0.5, 0.6) is 0 Å². The van der Waals surface area contributed by atoms with E-state index in [1.165, 1.54) is 0 Å². The Balaban J connectivity index is 2.54. The van der Waals surface area contributed by atoms with E-state index in [1.807, 2.05) is 27.8 Å². The standard InChI is InChI=1S/C11H22N2O2/c1-8-6-9(12-5)7-13(8)10(14)15-11(2,3)4/h8-9,12H,6-7H2,1-5H3/t8-,9?/m1/s1. The molecule has 1 rings (SSSR count). The van der Waals surface area contributed by atoms with Crippen molar-refractivity contribution in [2.24, 2.45) is 0 Å². The molecule has 1 aliphatic rings. The van der Waals surface area contributed by atoms with Gasteiger partial charge in [-0.15, -0.1) is 0 Å². The molecule has 0 bridgehead atoms. The van der Waals surface area contributed by atoms with Crippen molar-refractivity contribution in [2.45, 2.75) is 51.8 Å². The third-order valence-electron chi connectivity index (χ3n) is 2.61. The Hall–Kier alpha value is -0.770. The lowest BCUT2D eigenvalue weighted by molar-refractivity contribution is 0.0236. The SMILES string of the molecule is CNC1C[C@@H](C)N(C(=O)OC(C)(C)C)C1. The number of likely N-dealkylation sites (tertiary alicyclic amines) is 1. The molecular formula is C11H22N2O2. The second-order valence-electron chi connectivity index (χ2n) is 5.20. The Labute approximate surface area is 92.0 Å². The molecule has 1 N–H and O–H groups in total. The molecule has 0 spiro atoms. The van der Waals surface area contributed by atoms with E-state index in [-0.39, 0.29) is 12.1 Å². The summed E-state index contributed by atoms with van der Waals surface area (Å²) >= 11 is 0. The maximum atomic E-state index is 11.8. The van der Waals surface area contributed by atoms with Gasteiger partial charge in [-0.1, -0.05) is 0 Å². The number of nitrogens with one attached hydrogen (secondary N) is 1. The van der Waals surface area contributed by atoms with E-state index in [0.717, 1.165) is 13.0 Å². The van der Waals surface area contributed by atoms with E-state index in [1.54, 1.807) is 4.90 Å². The summed E-state index contributed by atoms with van der Waals surface area (Å²) < 4.78 is 5.34. The fraction of sp³-hybridized carbons (Fsp3) is 0.909. The maximum absolute atomic E-state index is 11.8. The lowest BCUT2D eigenvalue weighted by Crippen LogP contribution is -2.40. The van der Waals surface area contributed by atoms with Gasteiger partial charge >= 0.3 is 6.09 Å². The molecule has 0 aromatic carbocycles. The van der Waals surface area contributed by atoms with Crippen LogP contribution in [-0.4, -0.2) is 42.3 Å². The van der Waals surface area contributed by atoms with Gasteiger partial charge in [-0.2, -0.15) is 0 Å². The van der Waals surface area contributed by atoms with Crippen LogP contribution in [0.25, 0.3) is 0 Å². The molecule has 4 nitrogen and oxygen atoms in total. The first-order valence-electron chi connectivity index (χ1n) is 5.50. The Morgan fingerprint density at radius 1 is 1.47 bits per heavy atom. The van der Waals surface area contributed by atoms with E-state index < -0.39 is 5.60 Å². The van der Waals surface area contributed by atoms with Crippen LogP contribution >= 0.6 is 0 Å². The number of hydrogen-bond donors (Lipinski definition) is 1. The van der Waals surface area contributed by atoms with Gasteiger partial charge in [0.1, 0.15) is 5.60 Å². The van der Waals surface area contributed by atoms with Crippen LogP contribution < -0.4 is 5.32 Å². The zero-order chi connectivity index (χ0) is 11.6. The summed E-state index contributed by atoms with van der Waals surface area (Å²) in [7, 11) is 1.93. The predicted molar refractivity (Wildman–Crippen MR) is 59.9 cm³/mol. The first-order valence-corrected chi connectivity index (χ1v) is 5.50. The van der Waals surface area contributed by atoms with Gasteiger partial charge in [0, 0.05) is 18.6 Å². The topological polar surface area (TPSA) is 41.6 Å². The molecule has 0 saturated carbocycles. The first-order chi connectivity index (χ1) is 6.83. The second-order valence-corrected chi connectivity index (χ2v) is 5.20. The van der Waals surface area contributed by atoms with Gasteiger partial charge in [-0.3, -0.25) is 0 Å². The van der Waals surface area contributed by atoms with Gasteiger partial charge in [-0.05, 0) is 41.2 Å². The Morgan fingerprint density at radius 3 is 2.47 bits per heavy atom. The summed E-state index contributed by atoms with van der Waals surface area (Å²) in [5.74, 6) is 0. The number of nitrogens with zero attached hydrogens (tertiary/aromatic N) is 1. The van der Waals surface area contributed by atoms with Crippen molar-refractivity contribution in [3.05, 3.63) is 0 Å². The summed E-state index contributed by atoms with van der Waals surface area (Å²) in [5, 5.41) is 3.19. The molecule has 0 radical (unpaired) electrons. The van der Waals surface area contributed by atoms with Crippen LogP contribution in [0.4, 0.5) is 4.79 Å². The smallest absolute Gasteiger partial charge is 0.410 e. The highest BCUT2D eigenvalue weighted by Crippen LogP contribution is 2.20. The Bertz CT molecular complexity index is 235. The van der Waals surface area contributed by atoms with E-state index in [4.69, 9.17) is 4.74 Å². The molecule has 1 unspecified atom stereocenters. The van der Waals surface area contributed by atoms with Crippen molar-refractivity contribution in [1.82, 2.24) is 10.2 Å². The molecule has 2 atom stereocenters. The highest BCUT2D eigenvalue weighted by molar-refractivity contribution is 5.69. The lowest BCUT2D eigenvalue weighted by Gasteiger charge is -2.26. The number of hydrogen-bond acceptors (Lipinski definition) is 3. The number of amides is 1. The van der Waals surface area contributed by atoms with Crippen LogP contribution in [0.1, 0.15) is 34.1 Å². The largest absolute Gasteiger partial charge is 0.444 e. The minimum absolute atomic E-state index is 0.201. The zero-order valence-corrected chi connectivity index (χ0v) is 10.3. The summed E-state index contributed by atoms with van der Waals surface area (Å²) in [4.78, 5) is 13.6. The number of rotatable bonds is 1. The van der Waals surface area contributed by atoms with Gasteiger partial charge < -0.3 is 15.0 Å². The van der Waals surface area contributed by atoms with Crippen molar-refractivity contribution < 1.29 is 9.53 Å². The van der Waals surface area contributed by atoms with Crippen LogP contribution in [0.15, 0.2) is 0 Å². The van der Waals surface area contributed by atoms with Crippen LogP contribution in [-0.2, 0) is 4.74 Å². The molecule has 1 saturated heterocycles. The fourth-order valence-corrected chi connectivity index (χ4v) is 1.82. The highest BCUT2D eigenvalue weighted by atomic mass is 16.6. The van der Waals surface area contributed by atoms with E-state index in [0.29, 0.717) is 6.04 Å². The zero-order valence-electron chi connectivity index (χ0n) is 10.3. The normalized spacial score (nSPS) is 26.9. The molecule has 1 amide bonds. The van der Waals surface area contributed by atoms with Gasteiger partial charge in [0.15, 0.2) is 0 Å². The van der Waals surface area contributed by atoms with Crippen LogP contribution in [0.3, 0.4) is 0 Å². The predicted octanol–water partition coefficient (Wildman–Crippen LogP) is 1.60. The van der Waals surface area contributed by atoms with Gasteiger partial charge in [0.05, 0.1) is 0 Å². The molecule has 0 aromatic heterocycles. The van der Waals surface area contributed by atoms with Crippen LogP contribution in [0.2, 0.25) is 0 Å². The third kappa shape index (κ3) is 3.38. The quantitative estimate of drug-likeness (QED) is 0.721. The molecule has 0 aromatic rings. The summed E-state index contributed by atoms with van der Waals surface area (Å²) in [5.41, 5.74) is -0.408. The van der Waals surface area contributed by atoms with E-state index in [2.05, 4.69) is 12.2 Å². The van der Waals surface area contributed by atoms with Crippen LogP contribution in [0, 0.1) is 0 Å². The molecule has 1 aliphatic heterocycles. The van der Waals surface area contributed by atoms with Crippen molar-refractivity contribution in [2.75, 3.05) is 13.6 Å². The van der Waals surface area contributed by atoms with E-state index in [9.17, 15) is 4.79 Å². The average molecular weight is 214 g/mol. The minimum Gasteiger partial charge on any atom is -0.444 e. The first kappa shape index (κ1) is 12.3. The third-order valence-corrected chi connectivity index (χ3v) is 2.61. The highest BCUT2D eigenvalue weighted by Gasteiger charge is 2.34. The average Bonchev–Trinajstić information content (AvgIpc) is 2.43. The second kappa shape index (κ2) is 4.39. The maximum Gasteiger partial charge on any atom is 0.410 e. The number of carbonyl (C=O) groups is 1. The fourth-order valence-electron chi connectivity index (χ4n) is 1.82. The minimum atomic E-state index is -0.408. The molecule has 0 aliphatic carbocycles. The Morgan fingerprint density at radius 2 is 2.07 bits per heavy atom. The molecule has 4 heteroatoms. The van der Waals surface area contributed by atoms with Gasteiger partial charge in [0.25, 0.3) is 0 Å². The summed E-state index contributed by atoms with van der Waals surface area (Å²) in [6.45, 7) is 8.47. The van der Waals surface area contributed by atoms with E-state index >= 15 is 0 Å². The molecule has 1 fully saturated rings. The number of ether oxygens (including phenoxy) is 1. The molecule has 15 heavy (non-hydrogen) atoms. The van der Waals surface area contributed by atoms with Crippen molar-refractivity contribution in [3.63, 3.8) is 0 Å². The van der Waals surface area contributed by atoms with Gasteiger partial charge in [-0.25, -0.2) is 4.79 Å². The molecule has 1 heterocycles. The molecular weight excluding hydrogens is 192 g/mol. The van der Waals surface area contributed by atoms with Crippen molar-refractivity contribution in [3.8, 4) is 0 Å². The number of likely N-dealkylation sites (N-methyl/N-ethyl adjacent to an activating group) is 1. The lowest BCUT2D eigenvalue weighted by atomic mass is 10.2. The Kier molecular flexibility index (Phi) is 3.60. The molecule has 88 valence electrons. The number of carbonyl (C=O) groups excluding carboxylic acids is 1. The summed E-state index contributed by atoms with van der Waals surface area (Å²) in [6, 6.07) is 0.657. The monoisotopic (exact) mass is 214 g/mol. The van der Waals surface area contributed by atoms with Gasteiger partial charge in [0.2, 0.25) is 0 Å². The van der Waals surface area contributed by atoms with Crippen molar-refractivity contribution >= 4 is 6.09 Å². The summed E-state index contributed by atoms with van der Waals surface area (Å²) in [6.07, 6.45) is 0.795. The van der Waals surface area contributed by atoms with Crippen molar-refractivity contribution in [1.29, 1.82) is 0 Å².